The normalized spacial score (nSPS) is 18.0. The molecule has 0 unspecified atom stereocenters. The number of H-pyrrole nitrogens is 1. The molecule has 152 valence electrons. The van der Waals surface area contributed by atoms with Crippen molar-refractivity contribution < 1.29 is 9.59 Å². The van der Waals surface area contributed by atoms with Crippen LogP contribution in [0.25, 0.3) is 0 Å². The molecule has 4 rings (SSSR count). The molecular formula is C18H24Cl2N6O2. The van der Waals surface area contributed by atoms with Gasteiger partial charge in [-0.05, 0) is 25.0 Å². The van der Waals surface area contributed by atoms with Crippen molar-refractivity contribution in [1.82, 2.24) is 14.9 Å². The number of nitrogens with one attached hydrogen (secondary N) is 3. The van der Waals surface area contributed by atoms with Gasteiger partial charge < -0.3 is 26.3 Å². The van der Waals surface area contributed by atoms with Crippen molar-refractivity contribution in [2.24, 2.45) is 5.73 Å². The Labute approximate surface area is 175 Å². The Balaban J connectivity index is 0.00000140. The highest BCUT2D eigenvalue weighted by Crippen LogP contribution is 2.36. The minimum absolute atomic E-state index is 0. The first-order valence-electron chi connectivity index (χ1n) is 8.78. The number of aromatic amines is 1. The van der Waals surface area contributed by atoms with Crippen molar-refractivity contribution in [2.75, 3.05) is 23.7 Å². The van der Waals surface area contributed by atoms with Crippen molar-refractivity contribution >= 4 is 48.0 Å². The van der Waals surface area contributed by atoms with Gasteiger partial charge in [-0.25, -0.2) is 4.98 Å². The molecule has 2 aliphatic rings. The molecular weight excluding hydrogens is 403 g/mol. The number of carbonyl (C=O) groups excluding carboxylic acids is 2. The molecule has 0 radical (unpaired) electrons. The third kappa shape index (κ3) is 4.09. The zero-order chi connectivity index (χ0) is 18.1. The van der Waals surface area contributed by atoms with E-state index < -0.39 is 11.6 Å². The highest BCUT2D eigenvalue weighted by molar-refractivity contribution is 6.06. The lowest BCUT2D eigenvalue weighted by atomic mass is 9.84. The zero-order valence-corrected chi connectivity index (χ0v) is 16.8. The van der Waals surface area contributed by atoms with E-state index in [9.17, 15) is 9.59 Å². The van der Waals surface area contributed by atoms with Crippen LogP contribution in [0.4, 0.5) is 11.4 Å². The second kappa shape index (κ2) is 8.81. The van der Waals surface area contributed by atoms with Crippen molar-refractivity contribution in [3.8, 4) is 0 Å². The molecule has 10 heteroatoms. The Morgan fingerprint density at radius 3 is 2.54 bits per heavy atom. The topological polar surface area (TPSA) is 116 Å². The maximum absolute atomic E-state index is 12.6. The molecule has 0 bridgehead atoms. The molecule has 0 saturated carbocycles. The summed E-state index contributed by atoms with van der Waals surface area (Å²) >= 11 is 0. The number of aromatic nitrogens is 2. The van der Waals surface area contributed by atoms with Gasteiger partial charge in [-0.2, -0.15) is 0 Å². The van der Waals surface area contributed by atoms with Crippen LogP contribution < -0.4 is 16.4 Å². The molecule has 1 atom stereocenters. The smallest absolute Gasteiger partial charge is 0.250 e. The van der Waals surface area contributed by atoms with Gasteiger partial charge in [0.1, 0.15) is 5.54 Å². The first-order chi connectivity index (χ1) is 12.6. The van der Waals surface area contributed by atoms with Gasteiger partial charge in [0.05, 0.1) is 23.7 Å². The number of benzene rings is 1. The van der Waals surface area contributed by atoms with Gasteiger partial charge in [0, 0.05) is 31.4 Å². The highest BCUT2D eigenvalue weighted by atomic mass is 35.5. The zero-order valence-electron chi connectivity index (χ0n) is 15.2. The summed E-state index contributed by atoms with van der Waals surface area (Å²) in [7, 11) is 0. The summed E-state index contributed by atoms with van der Waals surface area (Å²) in [4.78, 5) is 33.9. The second-order valence-corrected chi connectivity index (χ2v) is 6.92. The summed E-state index contributed by atoms with van der Waals surface area (Å²) in [6.45, 7) is 0.996. The van der Waals surface area contributed by atoms with Crippen LogP contribution in [0.1, 0.15) is 18.5 Å². The standard InChI is InChI=1S/C18H22N6O2.2ClH/c19-13(9-12-10-20-11-21-12)16(25)24-7-5-18(6-8-24)17(26)22-14-3-1-2-4-15(14)23-18;;/h1-4,10-11,13,23H,5-9,19H2,(H,20,21)(H,22,26);2*1H/t13-;;/m0../s1. The Hall–Kier alpha value is -2.29. The summed E-state index contributed by atoms with van der Waals surface area (Å²) in [6, 6.07) is 7.04. The summed E-state index contributed by atoms with van der Waals surface area (Å²) in [5.41, 5.74) is 7.95. The molecule has 1 aromatic carbocycles. The molecule has 0 aliphatic carbocycles. The average Bonchev–Trinajstić information content (AvgIpc) is 3.16. The molecule has 3 heterocycles. The van der Waals surface area contributed by atoms with Gasteiger partial charge in [0.2, 0.25) is 11.8 Å². The van der Waals surface area contributed by atoms with E-state index in [1.54, 1.807) is 17.4 Å². The van der Waals surface area contributed by atoms with Crippen LogP contribution >= 0.6 is 24.8 Å². The number of piperidine rings is 1. The van der Waals surface area contributed by atoms with Crippen LogP contribution in [-0.4, -0.2) is 51.4 Å². The summed E-state index contributed by atoms with van der Waals surface area (Å²) < 4.78 is 0. The average molecular weight is 427 g/mol. The van der Waals surface area contributed by atoms with Gasteiger partial charge in [0.15, 0.2) is 0 Å². The predicted molar refractivity (Wildman–Crippen MR) is 112 cm³/mol. The van der Waals surface area contributed by atoms with Gasteiger partial charge >= 0.3 is 0 Å². The fourth-order valence-corrected chi connectivity index (χ4v) is 3.67. The lowest BCUT2D eigenvalue weighted by Gasteiger charge is -2.44. The van der Waals surface area contributed by atoms with E-state index in [1.807, 2.05) is 24.3 Å². The van der Waals surface area contributed by atoms with E-state index in [0.717, 1.165) is 17.1 Å². The second-order valence-electron chi connectivity index (χ2n) is 6.92. The Kier molecular flexibility index (Phi) is 6.92. The minimum atomic E-state index is -0.668. The number of fused-ring (bicyclic) bond motifs is 1. The molecule has 1 fully saturated rings. The van der Waals surface area contributed by atoms with Crippen LogP contribution in [0.15, 0.2) is 36.8 Å². The molecule has 28 heavy (non-hydrogen) atoms. The van der Waals surface area contributed by atoms with E-state index in [0.29, 0.717) is 32.4 Å². The number of anilines is 2. The van der Waals surface area contributed by atoms with Gasteiger partial charge in [-0.1, -0.05) is 12.1 Å². The first-order valence-corrected chi connectivity index (χ1v) is 8.78. The van der Waals surface area contributed by atoms with Crippen molar-refractivity contribution in [2.45, 2.75) is 30.8 Å². The SMILES string of the molecule is Cl.Cl.N[C@@H](Cc1cnc[nH]1)C(=O)N1CCC2(CC1)Nc1ccccc1NC2=O. The van der Waals surface area contributed by atoms with Crippen molar-refractivity contribution in [3.63, 3.8) is 0 Å². The van der Waals surface area contributed by atoms with Gasteiger partial charge in [0.25, 0.3) is 0 Å². The Bertz CT molecular complexity index is 821. The van der Waals surface area contributed by atoms with Crippen molar-refractivity contribution in [1.29, 1.82) is 0 Å². The van der Waals surface area contributed by atoms with Crippen LogP contribution in [0.3, 0.4) is 0 Å². The molecule has 2 aliphatic heterocycles. The number of imidazole rings is 1. The van der Waals surface area contributed by atoms with Crippen LogP contribution in [0.2, 0.25) is 0 Å². The Morgan fingerprint density at radius 2 is 1.89 bits per heavy atom. The first kappa shape index (κ1) is 22.0. The van der Waals surface area contributed by atoms with E-state index in [4.69, 9.17) is 5.73 Å². The lowest BCUT2D eigenvalue weighted by Crippen LogP contribution is -2.60. The number of nitrogens with zero attached hydrogens (tertiary/aromatic N) is 2. The minimum Gasteiger partial charge on any atom is -0.369 e. The molecule has 1 saturated heterocycles. The number of likely N-dealkylation sites (tertiary alicyclic amines) is 1. The number of para-hydroxylation sites is 2. The molecule has 8 nitrogen and oxygen atoms in total. The van der Waals surface area contributed by atoms with E-state index in [-0.39, 0.29) is 36.6 Å². The third-order valence-corrected chi connectivity index (χ3v) is 5.22. The molecule has 5 N–H and O–H groups in total. The van der Waals surface area contributed by atoms with Crippen LogP contribution in [0.5, 0.6) is 0 Å². The number of hydrogen-bond donors (Lipinski definition) is 4. The number of hydrogen-bond acceptors (Lipinski definition) is 5. The predicted octanol–water partition coefficient (Wildman–Crippen LogP) is 1.55. The molecule has 2 aromatic rings. The fraction of sp³-hybridized carbons (Fsp3) is 0.389. The lowest BCUT2D eigenvalue weighted by molar-refractivity contribution is -0.136. The number of rotatable bonds is 3. The molecule has 1 spiro atoms. The number of carbonyl (C=O) groups is 2. The van der Waals surface area contributed by atoms with Crippen LogP contribution in [-0.2, 0) is 16.0 Å². The maximum Gasteiger partial charge on any atom is 0.250 e. The summed E-state index contributed by atoms with van der Waals surface area (Å²) in [5, 5.41) is 6.37. The van der Waals surface area contributed by atoms with Gasteiger partial charge in [-0.3, -0.25) is 9.59 Å². The van der Waals surface area contributed by atoms with Crippen molar-refractivity contribution in [3.05, 3.63) is 42.5 Å². The van der Waals surface area contributed by atoms with E-state index >= 15 is 0 Å². The maximum atomic E-state index is 12.6. The Morgan fingerprint density at radius 1 is 1.21 bits per heavy atom. The van der Waals surface area contributed by atoms with Crippen LogP contribution in [0, 0.1) is 0 Å². The fourth-order valence-electron chi connectivity index (χ4n) is 3.67. The summed E-state index contributed by atoms with van der Waals surface area (Å²) in [5.74, 6) is -0.129. The number of halogens is 2. The third-order valence-electron chi connectivity index (χ3n) is 5.22. The quantitative estimate of drug-likeness (QED) is 0.593. The largest absolute Gasteiger partial charge is 0.369 e. The van der Waals surface area contributed by atoms with E-state index in [1.165, 1.54) is 0 Å². The number of amides is 2. The van der Waals surface area contributed by atoms with Gasteiger partial charge in [-0.15, -0.1) is 24.8 Å². The monoisotopic (exact) mass is 426 g/mol. The number of nitrogens with two attached hydrogens (primary N) is 1. The highest BCUT2D eigenvalue weighted by Gasteiger charge is 2.45. The van der Waals surface area contributed by atoms with E-state index in [2.05, 4.69) is 20.6 Å². The summed E-state index contributed by atoms with van der Waals surface area (Å²) in [6.07, 6.45) is 4.77. The molecule has 2 amide bonds. The molecule has 1 aromatic heterocycles.